The van der Waals surface area contributed by atoms with Gasteiger partial charge in [-0.15, -0.1) is 0 Å². The van der Waals surface area contributed by atoms with E-state index in [9.17, 15) is 4.79 Å². The highest BCUT2D eigenvalue weighted by molar-refractivity contribution is 5.66. The second kappa shape index (κ2) is 4.95. The Bertz CT molecular complexity index is 142. The van der Waals surface area contributed by atoms with E-state index < -0.39 is 11.7 Å². The fourth-order valence-corrected chi connectivity index (χ4v) is 0.510. The average molecular weight is 175 g/mol. The predicted molar refractivity (Wildman–Crippen MR) is 46.4 cm³/mol. The van der Waals surface area contributed by atoms with E-state index in [0.717, 1.165) is 0 Å². The van der Waals surface area contributed by atoms with E-state index in [-0.39, 0.29) is 0 Å². The molecule has 5 nitrogen and oxygen atoms in total. The summed E-state index contributed by atoms with van der Waals surface area (Å²) >= 11 is 0. The quantitative estimate of drug-likeness (QED) is 0.416. The Morgan fingerprint density at radius 2 is 2.08 bits per heavy atom. The van der Waals surface area contributed by atoms with Gasteiger partial charge in [-0.25, -0.2) is 10.2 Å². The standard InChI is InChI=1S/C7H17N3O2/c1-7(2,3)12-6(11)10-9-5-4-8/h9H,4-5,8H2,1-3H3,(H,10,11). The molecule has 0 saturated heterocycles. The van der Waals surface area contributed by atoms with Crippen molar-refractivity contribution in [2.75, 3.05) is 13.1 Å². The summed E-state index contributed by atoms with van der Waals surface area (Å²) in [5.74, 6) is 0. The van der Waals surface area contributed by atoms with Crippen LogP contribution in [-0.4, -0.2) is 24.8 Å². The third-order valence-electron chi connectivity index (χ3n) is 0.859. The average Bonchev–Trinajstić information content (AvgIpc) is 1.84. The van der Waals surface area contributed by atoms with Gasteiger partial charge >= 0.3 is 6.09 Å². The van der Waals surface area contributed by atoms with Gasteiger partial charge in [-0.3, -0.25) is 5.43 Å². The van der Waals surface area contributed by atoms with Gasteiger partial charge in [0.15, 0.2) is 0 Å². The van der Waals surface area contributed by atoms with E-state index >= 15 is 0 Å². The molecule has 0 aliphatic carbocycles. The Hall–Kier alpha value is -0.810. The highest BCUT2D eigenvalue weighted by Gasteiger charge is 2.15. The third kappa shape index (κ3) is 7.30. The van der Waals surface area contributed by atoms with Crippen LogP contribution in [0.5, 0.6) is 0 Å². The molecular formula is C7H17N3O2. The fourth-order valence-electron chi connectivity index (χ4n) is 0.510. The molecule has 0 aromatic rings. The number of carbonyl (C=O) groups is 1. The van der Waals surface area contributed by atoms with Crippen molar-refractivity contribution in [2.24, 2.45) is 5.73 Å². The van der Waals surface area contributed by atoms with Gasteiger partial charge in [0.05, 0.1) is 0 Å². The maximum absolute atomic E-state index is 10.9. The van der Waals surface area contributed by atoms with Crippen molar-refractivity contribution < 1.29 is 9.53 Å². The second-order valence-corrected chi connectivity index (χ2v) is 3.34. The number of ether oxygens (including phenoxy) is 1. The summed E-state index contributed by atoms with van der Waals surface area (Å²) in [6.07, 6.45) is -0.490. The molecule has 72 valence electrons. The minimum absolute atomic E-state index is 0.464. The number of nitrogens with two attached hydrogens (primary N) is 1. The maximum Gasteiger partial charge on any atom is 0.422 e. The molecule has 0 aliphatic heterocycles. The molecule has 0 rings (SSSR count). The molecule has 0 fully saturated rings. The lowest BCUT2D eigenvalue weighted by Crippen LogP contribution is -2.43. The Labute approximate surface area is 72.6 Å². The largest absolute Gasteiger partial charge is 0.443 e. The lowest BCUT2D eigenvalue weighted by molar-refractivity contribution is 0.0499. The molecule has 1 amide bonds. The van der Waals surface area contributed by atoms with Crippen LogP contribution in [-0.2, 0) is 4.74 Å². The van der Waals surface area contributed by atoms with E-state index in [1.165, 1.54) is 0 Å². The number of amides is 1. The first kappa shape index (κ1) is 11.2. The van der Waals surface area contributed by atoms with Crippen LogP contribution in [0.4, 0.5) is 4.79 Å². The van der Waals surface area contributed by atoms with Crippen molar-refractivity contribution in [3.8, 4) is 0 Å². The monoisotopic (exact) mass is 175 g/mol. The normalized spacial score (nSPS) is 11.0. The lowest BCUT2D eigenvalue weighted by atomic mass is 10.2. The minimum atomic E-state index is -0.490. The van der Waals surface area contributed by atoms with Gasteiger partial charge in [0.2, 0.25) is 0 Å². The van der Waals surface area contributed by atoms with Crippen molar-refractivity contribution in [2.45, 2.75) is 26.4 Å². The number of hydrazine groups is 1. The van der Waals surface area contributed by atoms with Crippen LogP contribution >= 0.6 is 0 Å². The van der Waals surface area contributed by atoms with Crippen LogP contribution in [0.15, 0.2) is 0 Å². The molecule has 12 heavy (non-hydrogen) atoms. The van der Waals surface area contributed by atoms with Crippen LogP contribution in [0.2, 0.25) is 0 Å². The van der Waals surface area contributed by atoms with Crippen LogP contribution < -0.4 is 16.6 Å². The van der Waals surface area contributed by atoms with Crippen LogP contribution in [0.1, 0.15) is 20.8 Å². The smallest absolute Gasteiger partial charge is 0.422 e. The Kier molecular flexibility index (Phi) is 4.61. The molecule has 0 unspecified atom stereocenters. The van der Waals surface area contributed by atoms with E-state index in [4.69, 9.17) is 10.5 Å². The summed E-state index contributed by atoms with van der Waals surface area (Å²) in [7, 11) is 0. The first-order valence-electron chi connectivity index (χ1n) is 3.87. The molecule has 0 aromatic heterocycles. The highest BCUT2D eigenvalue weighted by atomic mass is 16.6. The van der Waals surface area contributed by atoms with Gasteiger partial charge < -0.3 is 10.5 Å². The summed E-state index contributed by atoms with van der Waals surface area (Å²) in [5, 5.41) is 0. The molecule has 0 aromatic carbocycles. The molecular weight excluding hydrogens is 158 g/mol. The van der Waals surface area contributed by atoms with Gasteiger partial charge in [0, 0.05) is 13.1 Å². The third-order valence-corrected chi connectivity index (χ3v) is 0.859. The maximum atomic E-state index is 10.9. The number of carbonyl (C=O) groups excluding carboxylic acids is 1. The molecule has 0 aliphatic rings. The SMILES string of the molecule is CC(C)(C)OC(=O)NNCCN. The summed E-state index contributed by atoms with van der Waals surface area (Å²) in [6, 6.07) is 0. The molecule has 0 atom stereocenters. The number of hydrogen-bond acceptors (Lipinski definition) is 4. The Morgan fingerprint density at radius 3 is 2.50 bits per heavy atom. The summed E-state index contributed by atoms with van der Waals surface area (Å²) in [4.78, 5) is 10.9. The van der Waals surface area contributed by atoms with Crippen molar-refractivity contribution in [1.82, 2.24) is 10.9 Å². The fraction of sp³-hybridized carbons (Fsp3) is 0.857. The zero-order chi connectivity index (χ0) is 9.61. The van der Waals surface area contributed by atoms with Gasteiger partial charge in [0.1, 0.15) is 5.60 Å². The summed E-state index contributed by atoms with van der Waals surface area (Å²) < 4.78 is 4.93. The molecule has 0 bridgehead atoms. The topological polar surface area (TPSA) is 76.4 Å². The molecule has 0 radical (unpaired) electrons. The van der Waals surface area contributed by atoms with Crippen LogP contribution in [0, 0.1) is 0 Å². The lowest BCUT2D eigenvalue weighted by Gasteiger charge is -2.19. The molecule has 0 saturated carbocycles. The van der Waals surface area contributed by atoms with Gasteiger partial charge in [-0.2, -0.15) is 0 Å². The Morgan fingerprint density at radius 1 is 1.50 bits per heavy atom. The van der Waals surface area contributed by atoms with Gasteiger partial charge in [-0.05, 0) is 20.8 Å². The van der Waals surface area contributed by atoms with E-state index in [1.54, 1.807) is 20.8 Å². The zero-order valence-corrected chi connectivity index (χ0v) is 7.81. The molecule has 4 N–H and O–H groups in total. The van der Waals surface area contributed by atoms with E-state index in [2.05, 4.69) is 10.9 Å². The molecule has 0 spiro atoms. The van der Waals surface area contributed by atoms with Crippen LogP contribution in [0.25, 0.3) is 0 Å². The van der Waals surface area contributed by atoms with Crippen molar-refractivity contribution in [3.05, 3.63) is 0 Å². The summed E-state index contributed by atoms with van der Waals surface area (Å²) in [5.41, 5.74) is 9.68. The van der Waals surface area contributed by atoms with Gasteiger partial charge in [0.25, 0.3) is 0 Å². The first-order chi connectivity index (χ1) is 5.45. The first-order valence-corrected chi connectivity index (χ1v) is 3.87. The predicted octanol–water partition coefficient (Wildman–Crippen LogP) is -0.0256. The summed E-state index contributed by atoms with van der Waals surface area (Å²) in [6.45, 7) is 6.40. The van der Waals surface area contributed by atoms with Crippen LogP contribution in [0.3, 0.4) is 0 Å². The van der Waals surface area contributed by atoms with Crippen molar-refractivity contribution in [1.29, 1.82) is 0 Å². The number of rotatable bonds is 3. The van der Waals surface area contributed by atoms with Gasteiger partial charge in [-0.1, -0.05) is 0 Å². The Balaban J connectivity index is 3.47. The number of hydrogen-bond donors (Lipinski definition) is 3. The van der Waals surface area contributed by atoms with E-state index in [1.807, 2.05) is 0 Å². The number of nitrogens with one attached hydrogen (secondary N) is 2. The second-order valence-electron chi connectivity index (χ2n) is 3.34. The molecule has 0 heterocycles. The van der Waals surface area contributed by atoms with E-state index in [0.29, 0.717) is 13.1 Å². The highest BCUT2D eigenvalue weighted by Crippen LogP contribution is 2.05. The molecule has 5 heteroatoms. The van der Waals surface area contributed by atoms with Crippen molar-refractivity contribution >= 4 is 6.09 Å². The van der Waals surface area contributed by atoms with Crippen molar-refractivity contribution in [3.63, 3.8) is 0 Å². The zero-order valence-electron chi connectivity index (χ0n) is 7.81. The minimum Gasteiger partial charge on any atom is -0.443 e.